The van der Waals surface area contributed by atoms with Crippen LogP contribution in [0, 0.1) is 11.2 Å². The molecule has 2 rings (SSSR count). The Morgan fingerprint density at radius 1 is 1.03 bits per heavy atom. The van der Waals surface area contributed by atoms with Crippen LogP contribution in [0.3, 0.4) is 0 Å². The smallest absolute Gasteiger partial charge is 0.490 e. The zero-order chi connectivity index (χ0) is 28.9. The number of carboxylic acids is 2. The summed E-state index contributed by atoms with van der Waals surface area (Å²) in [5.41, 5.74) is 7.84. The van der Waals surface area contributed by atoms with E-state index in [1.165, 1.54) is 0 Å². The van der Waals surface area contributed by atoms with Crippen molar-refractivity contribution in [2.45, 2.75) is 30.0 Å². The van der Waals surface area contributed by atoms with Crippen LogP contribution in [-0.4, -0.2) is 62.0 Å². The van der Waals surface area contributed by atoms with Gasteiger partial charge in [0.2, 0.25) is 16.0 Å². The normalized spacial score (nSPS) is 12.0. The lowest BCUT2D eigenvalue weighted by Crippen LogP contribution is -2.42. The number of carbonyl (C=O) groups is 2. The van der Waals surface area contributed by atoms with Crippen molar-refractivity contribution in [3.63, 3.8) is 0 Å². The number of hydrogen-bond acceptors (Lipinski definition) is 7. The van der Waals surface area contributed by atoms with Gasteiger partial charge in [-0.1, -0.05) is 12.1 Å². The van der Waals surface area contributed by atoms with E-state index in [4.69, 9.17) is 30.6 Å². The van der Waals surface area contributed by atoms with E-state index in [-0.39, 0.29) is 23.9 Å². The predicted molar refractivity (Wildman–Crippen MR) is 123 cm³/mol. The second kappa shape index (κ2) is 14.7. The Balaban J connectivity index is 0.000000905. The Kier molecular flexibility index (Phi) is 12.4. The maximum Gasteiger partial charge on any atom is 0.490 e. The van der Waals surface area contributed by atoms with Gasteiger partial charge in [-0.3, -0.25) is 15.0 Å². The summed E-state index contributed by atoms with van der Waals surface area (Å²) in [7, 11) is -4.13. The maximum absolute atomic E-state index is 13.0. The van der Waals surface area contributed by atoms with Gasteiger partial charge in [0.25, 0.3) is 0 Å². The number of benzene rings is 2. The van der Waals surface area contributed by atoms with Gasteiger partial charge in [-0.25, -0.2) is 23.1 Å². The minimum absolute atomic E-state index is 0.0966. The van der Waals surface area contributed by atoms with Crippen molar-refractivity contribution in [1.82, 2.24) is 10.2 Å². The fourth-order valence-corrected chi connectivity index (χ4v) is 3.65. The molecule has 12 nitrogen and oxygen atoms in total. The summed E-state index contributed by atoms with van der Waals surface area (Å²) in [5, 5.41) is 23.5. The van der Waals surface area contributed by atoms with Crippen molar-refractivity contribution in [1.29, 1.82) is 5.41 Å². The SMILES string of the molecule is N=C(N)NOCCCOc1ccc(C[C@H](NS(=O)(=O)c2ccc(F)cc2)C(=O)O)cc1.O=C(O)C(F)(F)F. The van der Waals surface area contributed by atoms with Crippen LogP contribution in [0.2, 0.25) is 0 Å². The summed E-state index contributed by atoms with van der Waals surface area (Å²) >= 11 is 0. The number of ether oxygens (including phenoxy) is 1. The number of guanidine groups is 1. The van der Waals surface area contributed by atoms with E-state index in [1.54, 1.807) is 24.3 Å². The molecule has 7 N–H and O–H groups in total. The van der Waals surface area contributed by atoms with E-state index >= 15 is 0 Å². The second-order valence-corrected chi connectivity index (χ2v) is 8.90. The van der Waals surface area contributed by atoms with Crippen LogP contribution in [0.1, 0.15) is 12.0 Å². The average Bonchev–Trinajstić information content (AvgIpc) is 2.81. The summed E-state index contributed by atoms with van der Waals surface area (Å²) in [5.74, 6) is -4.45. The monoisotopic (exact) mass is 568 g/mol. The van der Waals surface area contributed by atoms with Gasteiger partial charge in [-0.05, 0) is 48.4 Å². The standard InChI is InChI=1S/C19H23FN4O6S.C2HF3O2/c20-14-4-8-16(9-5-14)31(27,28)24-17(18(25)26)12-13-2-6-15(7-3-13)29-10-1-11-30-23-19(21)22;3-2(4,5)1(6)7/h2-9,17,24H,1,10-12H2,(H,25,26)(H4,21,22,23);(H,6,7)/t17-;/m0./s1. The van der Waals surface area contributed by atoms with Crippen molar-refractivity contribution in [2.24, 2.45) is 5.73 Å². The Bertz CT molecular complexity index is 1180. The maximum atomic E-state index is 13.0. The molecule has 0 aliphatic rings. The van der Waals surface area contributed by atoms with Crippen molar-refractivity contribution in [2.75, 3.05) is 13.2 Å². The van der Waals surface area contributed by atoms with Crippen molar-refractivity contribution < 1.29 is 55.4 Å². The third kappa shape index (κ3) is 12.3. The predicted octanol–water partition coefficient (Wildman–Crippen LogP) is 1.62. The van der Waals surface area contributed by atoms with Gasteiger partial charge >= 0.3 is 18.1 Å². The number of sulfonamides is 1. The van der Waals surface area contributed by atoms with Crippen LogP contribution < -0.4 is 20.7 Å². The molecule has 0 spiro atoms. The summed E-state index contributed by atoms with van der Waals surface area (Å²) in [4.78, 5) is 25.1. The minimum atomic E-state index is -5.08. The lowest BCUT2D eigenvalue weighted by molar-refractivity contribution is -0.192. The first kappa shape index (κ1) is 32.1. The molecule has 2 aromatic carbocycles. The van der Waals surface area contributed by atoms with Gasteiger partial charge in [0.05, 0.1) is 18.1 Å². The number of hydrogen-bond donors (Lipinski definition) is 6. The van der Waals surface area contributed by atoms with E-state index in [0.717, 1.165) is 24.3 Å². The Morgan fingerprint density at radius 2 is 1.58 bits per heavy atom. The fraction of sp³-hybridized carbons (Fsp3) is 0.286. The molecule has 0 fully saturated rings. The molecule has 0 amide bonds. The number of rotatable bonds is 12. The highest BCUT2D eigenvalue weighted by Gasteiger charge is 2.38. The van der Waals surface area contributed by atoms with Gasteiger partial charge in [0, 0.05) is 6.42 Å². The lowest BCUT2D eigenvalue weighted by atomic mass is 10.1. The van der Waals surface area contributed by atoms with E-state index in [1.807, 2.05) is 0 Å². The molecule has 0 bridgehead atoms. The summed E-state index contributed by atoms with van der Waals surface area (Å²) in [6, 6.07) is 9.20. The minimum Gasteiger partial charge on any atom is -0.494 e. The van der Waals surface area contributed by atoms with Crippen LogP contribution >= 0.6 is 0 Å². The van der Waals surface area contributed by atoms with Crippen LogP contribution in [0.4, 0.5) is 17.6 Å². The molecular formula is C21H24F4N4O8S. The molecule has 0 aliphatic heterocycles. The molecule has 1 atom stereocenters. The Labute approximate surface area is 213 Å². The third-order valence-electron chi connectivity index (χ3n) is 4.17. The molecule has 38 heavy (non-hydrogen) atoms. The van der Waals surface area contributed by atoms with E-state index in [0.29, 0.717) is 24.3 Å². The Morgan fingerprint density at radius 3 is 2.05 bits per heavy atom. The molecule has 0 radical (unpaired) electrons. The van der Waals surface area contributed by atoms with E-state index in [2.05, 4.69) is 10.2 Å². The molecule has 0 saturated carbocycles. The zero-order valence-corrected chi connectivity index (χ0v) is 20.2. The summed E-state index contributed by atoms with van der Waals surface area (Å²) < 4.78 is 77.2. The third-order valence-corrected chi connectivity index (χ3v) is 5.65. The molecule has 210 valence electrons. The topological polar surface area (TPSA) is 201 Å². The molecule has 2 aromatic rings. The quantitative estimate of drug-likeness (QED) is 0.0718. The van der Waals surface area contributed by atoms with Crippen molar-refractivity contribution in [3.8, 4) is 5.75 Å². The number of aliphatic carboxylic acids is 2. The summed E-state index contributed by atoms with van der Waals surface area (Å²) in [6.07, 6.45) is -4.64. The Hall–Kier alpha value is -3.96. The lowest BCUT2D eigenvalue weighted by Gasteiger charge is -2.15. The van der Waals surface area contributed by atoms with Gasteiger partial charge in [-0.15, -0.1) is 0 Å². The molecule has 0 saturated heterocycles. The molecular weight excluding hydrogens is 544 g/mol. The van der Waals surface area contributed by atoms with E-state index in [9.17, 15) is 35.9 Å². The number of alkyl halides is 3. The summed E-state index contributed by atoms with van der Waals surface area (Å²) in [6.45, 7) is 0.625. The highest BCUT2D eigenvalue weighted by molar-refractivity contribution is 7.89. The number of carboxylic acid groups (broad SMARTS) is 2. The number of halogens is 4. The highest BCUT2D eigenvalue weighted by atomic mass is 32.2. The number of nitrogens with two attached hydrogens (primary N) is 1. The largest absolute Gasteiger partial charge is 0.494 e. The fourth-order valence-electron chi connectivity index (χ4n) is 2.46. The van der Waals surface area contributed by atoms with Crippen LogP contribution in [0.15, 0.2) is 53.4 Å². The molecule has 0 unspecified atom stereocenters. The highest BCUT2D eigenvalue weighted by Crippen LogP contribution is 2.16. The van der Waals surface area contributed by atoms with E-state index < -0.39 is 40.0 Å². The van der Waals surface area contributed by atoms with Crippen LogP contribution in [-0.2, 0) is 30.9 Å². The van der Waals surface area contributed by atoms with Crippen molar-refractivity contribution >= 4 is 27.9 Å². The first-order chi connectivity index (χ1) is 17.6. The van der Waals surface area contributed by atoms with Crippen LogP contribution in [0.25, 0.3) is 0 Å². The second-order valence-electron chi connectivity index (χ2n) is 7.18. The molecule has 0 heterocycles. The molecule has 17 heteroatoms. The first-order valence-electron chi connectivity index (χ1n) is 10.4. The first-order valence-corrected chi connectivity index (χ1v) is 11.8. The van der Waals surface area contributed by atoms with Gasteiger partial charge in [-0.2, -0.15) is 17.9 Å². The van der Waals surface area contributed by atoms with Crippen molar-refractivity contribution in [3.05, 3.63) is 59.9 Å². The molecule has 0 aromatic heterocycles. The molecule has 0 aliphatic carbocycles. The van der Waals surface area contributed by atoms with Gasteiger partial charge in [0.1, 0.15) is 17.6 Å². The number of hydroxylamine groups is 1. The average molecular weight is 569 g/mol. The van der Waals surface area contributed by atoms with Gasteiger partial charge in [0.15, 0.2) is 0 Å². The number of nitrogens with one attached hydrogen (secondary N) is 3. The van der Waals surface area contributed by atoms with Crippen LogP contribution in [0.5, 0.6) is 5.75 Å². The van der Waals surface area contributed by atoms with Gasteiger partial charge < -0.3 is 20.7 Å². The zero-order valence-electron chi connectivity index (χ0n) is 19.4.